The molecule has 0 spiro atoms. The van der Waals surface area contributed by atoms with Crippen molar-refractivity contribution in [3.05, 3.63) is 0 Å². The molecule has 2 N–H and O–H groups in total. The van der Waals surface area contributed by atoms with Crippen LogP contribution in [-0.2, 0) is 9.59 Å². The van der Waals surface area contributed by atoms with E-state index in [1.165, 1.54) is 24.2 Å². The van der Waals surface area contributed by atoms with E-state index in [2.05, 4.69) is 0 Å². The van der Waals surface area contributed by atoms with Gasteiger partial charge in [0, 0.05) is 19.4 Å². The molecule has 5 rings (SSSR count). The van der Waals surface area contributed by atoms with Gasteiger partial charge in [-0.05, 0) is 61.7 Å². The summed E-state index contributed by atoms with van der Waals surface area (Å²) in [7, 11) is 0. The summed E-state index contributed by atoms with van der Waals surface area (Å²) in [5.74, 6) is 1.33. The Balaban J connectivity index is 1.49. The van der Waals surface area contributed by atoms with Gasteiger partial charge >= 0.3 is 5.97 Å². The van der Waals surface area contributed by atoms with Crippen LogP contribution in [0.15, 0.2) is 0 Å². The van der Waals surface area contributed by atoms with E-state index in [9.17, 15) is 19.8 Å². The van der Waals surface area contributed by atoms with Gasteiger partial charge in [0.2, 0.25) is 5.91 Å². The summed E-state index contributed by atoms with van der Waals surface area (Å²) in [6, 6.07) is -0.837. The molecular formula is C17H25NO4. The number of carboxylic acids is 1. The standard InChI is InChI=1S/C17H25NO4/c19-13-4-14(16(21)22)18(9-13)15(20)8-17-5-10-1-11(6-17)3-12(2-10)7-17/h10-14,19H,1-9H2,(H,21,22). The van der Waals surface area contributed by atoms with Crippen molar-refractivity contribution in [2.75, 3.05) is 6.54 Å². The van der Waals surface area contributed by atoms with Gasteiger partial charge in [0.1, 0.15) is 6.04 Å². The van der Waals surface area contributed by atoms with E-state index >= 15 is 0 Å². The Hall–Kier alpha value is -1.10. The van der Waals surface area contributed by atoms with Crippen molar-refractivity contribution in [1.29, 1.82) is 0 Å². The molecule has 5 fully saturated rings. The number of aliphatic hydroxyl groups excluding tert-OH is 1. The summed E-state index contributed by atoms with van der Waals surface area (Å²) in [4.78, 5) is 25.5. The maximum Gasteiger partial charge on any atom is 0.326 e. The minimum Gasteiger partial charge on any atom is -0.480 e. The number of amides is 1. The van der Waals surface area contributed by atoms with E-state index in [0.717, 1.165) is 37.0 Å². The first-order chi connectivity index (χ1) is 10.4. The van der Waals surface area contributed by atoms with E-state index in [1.54, 1.807) is 0 Å². The first-order valence-corrected chi connectivity index (χ1v) is 8.64. The van der Waals surface area contributed by atoms with Gasteiger partial charge in [-0.15, -0.1) is 0 Å². The van der Waals surface area contributed by atoms with Crippen LogP contribution in [0.1, 0.15) is 51.4 Å². The Morgan fingerprint density at radius 2 is 1.55 bits per heavy atom. The third kappa shape index (κ3) is 2.34. The fourth-order valence-electron chi connectivity index (χ4n) is 6.25. The molecule has 1 heterocycles. The van der Waals surface area contributed by atoms with Crippen molar-refractivity contribution < 1.29 is 19.8 Å². The van der Waals surface area contributed by atoms with Gasteiger partial charge in [-0.2, -0.15) is 0 Å². The number of aliphatic carboxylic acids is 1. The zero-order valence-corrected chi connectivity index (χ0v) is 12.9. The number of hydrogen-bond acceptors (Lipinski definition) is 3. The molecule has 4 aliphatic carbocycles. The monoisotopic (exact) mass is 307 g/mol. The topological polar surface area (TPSA) is 77.8 Å². The van der Waals surface area contributed by atoms with Crippen LogP contribution < -0.4 is 0 Å². The summed E-state index contributed by atoms with van der Waals surface area (Å²) in [6.45, 7) is 0.183. The second-order valence-electron chi connectivity index (χ2n) is 8.38. The summed E-state index contributed by atoms with van der Waals surface area (Å²) >= 11 is 0. The third-order valence-electron chi connectivity index (χ3n) is 6.58. The average molecular weight is 307 g/mol. The maximum absolute atomic E-state index is 12.7. The molecule has 1 aliphatic heterocycles. The van der Waals surface area contributed by atoms with Gasteiger partial charge in [-0.3, -0.25) is 4.79 Å². The lowest BCUT2D eigenvalue weighted by Gasteiger charge is -2.57. The maximum atomic E-state index is 12.7. The molecule has 0 radical (unpaired) electrons. The number of aliphatic hydroxyl groups is 1. The van der Waals surface area contributed by atoms with Crippen molar-refractivity contribution in [3.8, 4) is 0 Å². The van der Waals surface area contributed by atoms with Crippen molar-refractivity contribution >= 4 is 11.9 Å². The van der Waals surface area contributed by atoms with Gasteiger partial charge in [-0.1, -0.05) is 0 Å². The third-order valence-corrected chi connectivity index (χ3v) is 6.58. The summed E-state index contributed by atoms with van der Waals surface area (Å²) in [5.41, 5.74) is 0.127. The van der Waals surface area contributed by atoms with Gasteiger partial charge in [-0.25, -0.2) is 4.79 Å². The SMILES string of the molecule is O=C(O)C1CC(O)CN1C(=O)CC12CC3CC(CC(C3)C1)C2. The smallest absolute Gasteiger partial charge is 0.326 e. The second-order valence-corrected chi connectivity index (χ2v) is 8.38. The highest BCUT2D eigenvalue weighted by Gasteiger charge is 2.52. The average Bonchev–Trinajstić information content (AvgIpc) is 2.79. The van der Waals surface area contributed by atoms with E-state index < -0.39 is 18.1 Å². The molecule has 0 aromatic heterocycles. The minimum atomic E-state index is -0.990. The molecule has 1 saturated heterocycles. The molecule has 0 aromatic carbocycles. The Kier molecular flexibility index (Phi) is 3.26. The molecule has 2 unspecified atom stereocenters. The van der Waals surface area contributed by atoms with Crippen LogP contribution in [-0.4, -0.2) is 45.7 Å². The van der Waals surface area contributed by atoms with E-state index in [-0.39, 0.29) is 24.3 Å². The van der Waals surface area contributed by atoms with Gasteiger partial charge < -0.3 is 15.1 Å². The predicted molar refractivity (Wildman–Crippen MR) is 79.0 cm³/mol. The van der Waals surface area contributed by atoms with Gasteiger partial charge in [0.25, 0.3) is 0 Å². The fourth-order valence-corrected chi connectivity index (χ4v) is 6.25. The van der Waals surface area contributed by atoms with E-state index in [1.807, 2.05) is 0 Å². The number of carboxylic acid groups (broad SMARTS) is 1. The van der Waals surface area contributed by atoms with Crippen LogP contribution in [0.2, 0.25) is 0 Å². The van der Waals surface area contributed by atoms with E-state index in [0.29, 0.717) is 6.42 Å². The molecule has 4 bridgehead atoms. The van der Waals surface area contributed by atoms with Crippen LogP contribution in [0, 0.1) is 23.2 Å². The fraction of sp³-hybridized carbons (Fsp3) is 0.882. The zero-order chi connectivity index (χ0) is 15.5. The van der Waals surface area contributed by atoms with Crippen molar-refractivity contribution in [1.82, 2.24) is 4.90 Å². The Morgan fingerprint density at radius 1 is 1.00 bits per heavy atom. The van der Waals surface area contributed by atoms with Crippen LogP contribution in [0.4, 0.5) is 0 Å². The lowest BCUT2D eigenvalue weighted by Crippen LogP contribution is -2.49. The number of likely N-dealkylation sites (tertiary alicyclic amines) is 1. The van der Waals surface area contributed by atoms with Crippen molar-refractivity contribution in [3.63, 3.8) is 0 Å². The first-order valence-electron chi connectivity index (χ1n) is 8.64. The lowest BCUT2D eigenvalue weighted by molar-refractivity contribution is -0.151. The van der Waals surface area contributed by atoms with Crippen LogP contribution in [0.25, 0.3) is 0 Å². The molecule has 4 saturated carbocycles. The molecule has 5 aliphatic rings. The molecule has 1 amide bonds. The summed E-state index contributed by atoms with van der Waals surface area (Å²) < 4.78 is 0. The summed E-state index contributed by atoms with van der Waals surface area (Å²) in [5, 5.41) is 19.0. The zero-order valence-electron chi connectivity index (χ0n) is 12.9. The highest BCUT2D eigenvalue weighted by molar-refractivity contribution is 5.84. The minimum absolute atomic E-state index is 0.0501. The number of carbonyl (C=O) groups is 2. The molecule has 5 nitrogen and oxygen atoms in total. The quantitative estimate of drug-likeness (QED) is 0.831. The molecule has 0 aromatic rings. The van der Waals surface area contributed by atoms with Gasteiger partial charge in [0.15, 0.2) is 0 Å². The highest BCUT2D eigenvalue weighted by Crippen LogP contribution is 2.61. The molecule has 22 heavy (non-hydrogen) atoms. The normalized spacial score (nSPS) is 46.2. The van der Waals surface area contributed by atoms with E-state index in [4.69, 9.17) is 0 Å². The molecule has 2 atom stereocenters. The Morgan fingerprint density at radius 3 is 2.05 bits per heavy atom. The second kappa shape index (κ2) is 4.95. The highest BCUT2D eigenvalue weighted by atomic mass is 16.4. The largest absolute Gasteiger partial charge is 0.480 e. The number of nitrogens with zero attached hydrogens (tertiary/aromatic N) is 1. The molecular weight excluding hydrogens is 282 g/mol. The number of rotatable bonds is 3. The van der Waals surface area contributed by atoms with Crippen molar-refractivity contribution in [2.24, 2.45) is 23.2 Å². The number of hydrogen-bond donors (Lipinski definition) is 2. The predicted octanol–water partition coefficient (Wildman–Crippen LogP) is 1.64. The number of β-amino-alcohol motifs (C(OH)–C–C–N with tert-alkyl or cyclic N) is 1. The van der Waals surface area contributed by atoms with Gasteiger partial charge in [0.05, 0.1) is 6.10 Å². The summed E-state index contributed by atoms with van der Waals surface area (Å²) in [6.07, 6.45) is 7.45. The first kappa shape index (κ1) is 14.5. The van der Waals surface area contributed by atoms with Crippen LogP contribution in [0.5, 0.6) is 0 Å². The van der Waals surface area contributed by atoms with Crippen LogP contribution >= 0.6 is 0 Å². The Bertz CT molecular complexity index is 468. The van der Waals surface area contributed by atoms with Crippen LogP contribution in [0.3, 0.4) is 0 Å². The molecule has 122 valence electrons. The molecule has 5 heteroatoms. The lowest BCUT2D eigenvalue weighted by atomic mass is 9.49. The number of carbonyl (C=O) groups excluding carboxylic acids is 1. The van der Waals surface area contributed by atoms with Crippen molar-refractivity contribution in [2.45, 2.75) is 63.5 Å². The Labute approximate surface area is 130 Å².